The average molecular weight is 395 g/mol. The summed E-state index contributed by atoms with van der Waals surface area (Å²) in [7, 11) is 0. The molecule has 0 aliphatic heterocycles. The first kappa shape index (κ1) is 17.6. The zero-order valence-electron chi connectivity index (χ0n) is 14.1. The van der Waals surface area contributed by atoms with Gasteiger partial charge in [0, 0.05) is 10.6 Å². The maximum atomic E-state index is 12.0. The Morgan fingerprint density at radius 2 is 2.04 bits per heavy atom. The molecule has 134 valence electrons. The minimum absolute atomic E-state index is 0.199. The second-order valence-electron chi connectivity index (χ2n) is 5.85. The van der Waals surface area contributed by atoms with Gasteiger partial charge in [-0.1, -0.05) is 65.8 Å². The lowest BCUT2D eigenvalue weighted by atomic mass is 10.1. The Morgan fingerprint density at radius 3 is 2.96 bits per heavy atom. The predicted octanol–water partition coefficient (Wildman–Crippen LogP) is 4.61. The summed E-state index contributed by atoms with van der Waals surface area (Å²) < 4.78 is 0. The Hall–Kier alpha value is -2.83. The highest BCUT2D eigenvalue weighted by atomic mass is 35.5. The normalized spacial score (nSPS) is 11.4. The quantitative estimate of drug-likeness (QED) is 0.295. The van der Waals surface area contributed by atoms with E-state index >= 15 is 0 Å². The molecular weight excluding hydrogens is 380 g/mol. The Kier molecular flexibility index (Phi) is 5.09. The number of imidazole rings is 1. The van der Waals surface area contributed by atoms with Crippen LogP contribution in [0.15, 0.2) is 70.9 Å². The van der Waals surface area contributed by atoms with Crippen molar-refractivity contribution in [2.24, 2.45) is 5.10 Å². The third kappa shape index (κ3) is 4.13. The van der Waals surface area contributed by atoms with Gasteiger partial charge in [0.1, 0.15) is 0 Å². The van der Waals surface area contributed by atoms with E-state index in [1.165, 1.54) is 11.8 Å². The van der Waals surface area contributed by atoms with Gasteiger partial charge in [-0.2, -0.15) is 5.10 Å². The zero-order valence-corrected chi connectivity index (χ0v) is 15.7. The molecule has 7 heteroatoms. The minimum Gasteiger partial charge on any atom is -0.333 e. The van der Waals surface area contributed by atoms with Gasteiger partial charge in [-0.15, -0.1) is 0 Å². The van der Waals surface area contributed by atoms with Crippen LogP contribution < -0.4 is 5.43 Å². The molecule has 1 amide bonds. The topological polar surface area (TPSA) is 70.1 Å². The average Bonchev–Trinajstić information content (AvgIpc) is 3.08. The van der Waals surface area contributed by atoms with E-state index in [-0.39, 0.29) is 11.7 Å². The van der Waals surface area contributed by atoms with E-state index in [2.05, 4.69) is 20.5 Å². The Labute approximate surface area is 164 Å². The number of aromatic amines is 1. The number of thioether (sulfide) groups is 1. The van der Waals surface area contributed by atoms with Gasteiger partial charge in [-0.3, -0.25) is 4.79 Å². The lowest BCUT2D eigenvalue weighted by Crippen LogP contribution is -2.19. The van der Waals surface area contributed by atoms with Crippen molar-refractivity contribution < 1.29 is 4.79 Å². The van der Waals surface area contributed by atoms with Crippen LogP contribution in [0, 0.1) is 0 Å². The SMILES string of the molecule is O=C(CSc1nc2ccc(Cl)cc2[nH]1)N/N=C\c1cccc2ccccc12. The van der Waals surface area contributed by atoms with Crippen molar-refractivity contribution in [1.82, 2.24) is 15.4 Å². The standard InChI is InChI=1S/C20H15ClN4OS/c21-15-8-9-17-18(10-15)24-20(23-17)27-12-19(26)25-22-11-14-6-3-5-13-4-1-2-7-16(13)14/h1-11H,12H2,(H,23,24)(H,25,26)/b22-11-. The summed E-state index contributed by atoms with van der Waals surface area (Å²) in [6.07, 6.45) is 1.66. The van der Waals surface area contributed by atoms with Crippen LogP contribution >= 0.6 is 23.4 Å². The molecule has 3 aromatic carbocycles. The van der Waals surface area contributed by atoms with E-state index in [9.17, 15) is 4.79 Å². The molecular formula is C20H15ClN4OS. The Morgan fingerprint density at radius 1 is 1.19 bits per heavy atom. The number of benzene rings is 3. The zero-order chi connectivity index (χ0) is 18.6. The van der Waals surface area contributed by atoms with Crippen molar-refractivity contribution in [3.05, 3.63) is 71.2 Å². The smallest absolute Gasteiger partial charge is 0.250 e. The number of nitrogens with one attached hydrogen (secondary N) is 2. The number of carbonyl (C=O) groups excluding carboxylic acids is 1. The van der Waals surface area contributed by atoms with Crippen molar-refractivity contribution in [2.45, 2.75) is 5.16 Å². The highest BCUT2D eigenvalue weighted by Gasteiger charge is 2.07. The molecule has 5 nitrogen and oxygen atoms in total. The van der Waals surface area contributed by atoms with Gasteiger partial charge in [0.2, 0.25) is 0 Å². The molecule has 4 aromatic rings. The summed E-state index contributed by atoms with van der Waals surface area (Å²) in [6.45, 7) is 0. The van der Waals surface area contributed by atoms with Crippen molar-refractivity contribution >= 4 is 57.3 Å². The number of halogens is 1. The number of H-pyrrole nitrogens is 1. The summed E-state index contributed by atoms with van der Waals surface area (Å²) in [5.41, 5.74) is 5.17. The number of hydrazone groups is 1. The van der Waals surface area contributed by atoms with Gasteiger partial charge < -0.3 is 4.98 Å². The summed E-state index contributed by atoms with van der Waals surface area (Å²) in [4.78, 5) is 19.6. The van der Waals surface area contributed by atoms with Crippen LogP contribution in [-0.4, -0.2) is 27.8 Å². The van der Waals surface area contributed by atoms with E-state index in [4.69, 9.17) is 11.6 Å². The summed E-state index contributed by atoms with van der Waals surface area (Å²) in [6, 6.07) is 19.5. The van der Waals surface area contributed by atoms with Crippen LogP contribution in [0.5, 0.6) is 0 Å². The number of amides is 1. The van der Waals surface area contributed by atoms with Crippen LogP contribution in [-0.2, 0) is 4.79 Å². The number of nitrogens with zero attached hydrogens (tertiary/aromatic N) is 2. The maximum absolute atomic E-state index is 12.0. The highest BCUT2D eigenvalue weighted by molar-refractivity contribution is 7.99. The fourth-order valence-electron chi connectivity index (χ4n) is 2.73. The molecule has 0 aliphatic rings. The first-order chi connectivity index (χ1) is 13.2. The number of aromatic nitrogens is 2. The van der Waals surface area contributed by atoms with Crippen molar-refractivity contribution in [3.8, 4) is 0 Å². The Bertz CT molecular complexity index is 1150. The number of carbonyl (C=O) groups is 1. The van der Waals surface area contributed by atoms with Crippen LogP contribution in [0.25, 0.3) is 21.8 Å². The van der Waals surface area contributed by atoms with Gasteiger partial charge in [0.25, 0.3) is 5.91 Å². The third-order valence-electron chi connectivity index (χ3n) is 3.98. The first-order valence-electron chi connectivity index (χ1n) is 8.27. The van der Waals surface area contributed by atoms with E-state index < -0.39 is 0 Å². The maximum Gasteiger partial charge on any atom is 0.250 e. The molecule has 0 atom stereocenters. The second-order valence-corrected chi connectivity index (χ2v) is 7.25. The minimum atomic E-state index is -0.199. The highest BCUT2D eigenvalue weighted by Crippen LogP contribution is 2.22. The molecule has 1 aromatic heterocycles. The largest absolute Gasteiger partial charge is 0.333 e. The number of hydrogen-bond acceptors (Lipinski definition) is 4. The van der Waals surface area contributed by atoms with Crippen molar-refractivity contribution in [3.63, 3.8) is 0 Å². The van der Waals surface area contributed by atoms with E-state index in [1.54, 1.807) is 12.3 Å². The fraction of sp³-hybridized carbons (Fsp3) is 0.0500. The molecule has 0 radical (unpaired) electrons. The van der Waals surface area contributed by atoms with E-state index in [0.29, 0.717) is 10.2 Å². The molecule has 0 fully saturated rings. The summed E-state index contributed by atoms with van der Waals surface area (Å²) >= 11 is 7.28. The molecule has 1 heterocycles. The molecule has 0 aliphatic carbocycles. The lowest BCUT2D eigenvalue weighted by Gasteiger charge is -2.01. The lowest BCUT2D eigenvalue weighted by molar-refractivity contribution is -0.118. The van der Waals surface area contributed by atoms with Crippen LogP contribution in [0.2, 0.25) is 5.02 Å². The van der Waals surface area contributed by atoms with Gasteiger partial charge in [-0.05, 0) is 29.0 Å². The summed E-state index contributed by atoms with van der Waals surface area (Å²) in [5.74, 6) is 0.00966. The van der Waals surface area contributed by atoms with Crippen molar-refractivity contribution in [1.29, 1.82) is 0 Å². The van der Waals surface area contributed by atoms with Crippen LogP contribution in [0.1, 0.15) is 5.56 Å². The molecule has 0 saturated carbocycles. The van der Waals surface area contributed by atoms with Gasteiger partial charge >= 0.3 is 0 Å². The van der Waals surface area contributed by atoms with Crippen LogP contribution in [0.3, 0.4) is 0 Å². The molecule has 0 spiro atoms. The number of rotatable bonds is 5. The van der Waals surface area contributed by atoms with Crippen LogP contribution in [0.4, 0.5) is 0 Å². The molecule has 27 heavy (non-hydrogen) atoms. The predicted molar refractivity (Wildman–Crippen MR) is 112 cm³/mol. The molecule has 2 N–H and O–H groups in total. The molecule has 4 rings (SSSR count). The van der Waals surface area contributed by atoms with E-state index in [0.717, 1.165) is 27.4 Å². The first-order valence-corrected chi connectivity index (χ1v) is 9.63. The van der Waals surface area contributed by atoms with Crippen molar-refractivity contribution in [2.75, 3.05) is 5.75 Å². The molecule has 0 unspecified atom stereocenters. The molecule has 0 bridgehead atoms. The monoisotopic (exact) mass is 394 g/mol. The third-order valence-corrected chi connectivity index (χ3v) is 5.09. The number of fused-ring (bicyclic) bond motifs is 2. The Balaban J connectivity index is 1.37. The fourth-order valence-corrected chi connectivity index (χ4v) is 3.58. The summed E-state index contributed by atoms with van der Waals surface area (Å²) in [5, 5.41) is 7.61. The van der Waals surface area contributed by atoms with Gasteiger partial charge in [0.05, 0.1) is 23.0 Å². The second kappa shape index (κ2) is 7.82. The number of hydrogen-bond donors (Lipinski definition) is 2. The van der Waals surface area contributed by atoms with Gasteiger partial charge in [0.15, 0.2) is 5.16 Å². The van der Waals surface area contributed by atoms with Gasteiger partial charge in [-0.25, -0.2) is 10.4 Å². The van der Waals surface area contributed by atoms with E-state index in [1.807, 2.05) is 54.6 Å². The molecule has 0 saturated heterocycles.